The molecule has 0 radical (unpaired) electrons. The highest BCUT2D eigenvalue weighted by Crippen LogP contribution is 2.44. The Morgan fingerprint density at radius 3 is 2.52 bits per heavy atom. The lowest BCUT2D eigenvalue weighted by atomic mass is 9.86. The van der Waals surface area contributed by atoms with Gasteiger partial charge in [-0.3, -0.25) is 9.59 Å². The number of ketones is 1. The first-order chi connectivity index (χ1) is 15.8. The summed E-state index contributed by atoms with van der Waals surface area (Å²) in [6.07, 6.45) is -0.316. The number of para-hydroxylation sites is 1. The van der Waals surface area contributed by atoms with Crippen LogP contribution in [0.5, 0.6) is 11.5 Å². The molecule has 0 saturated heterocycles. The number of Topliss-reactive ketones (excluding diaryl/α,β-unsaturated/α-hetero) is 1. The first-order valence-electron chi connectivity index (χ1n) is 10.9. The fourth-order valence-corrected chi connectivity index (χ4v) is 4.64. The van der Waals surface area contributed by atoms with Crippen LogP contribution < -0.4 is 14.4 Å². The number of rotatable bonds is 5. The second-order valence-electron chi connectivity index (χ2n) is 8.81. The average Bonchev–Trinajstić information content (AvgIpc) is 3.34. The second-order valence-corrected chi connectivity index (χ2v) is 8.81. The molecule has 2 aliphatic rings. The fourth-order valence-electron chi connectivity index (χ4n) is 4.64. The van der Waals surface area contributed by atoms with Crippen LogP contribution in [-0.4, -0.2) is 23.6 Å². The van der Waals surface area contributed by atoms with E-state index in [4.69, 9.17) is 9.47 Å². The smallest absolute Gasteiger partial charge is 0.264 e. The normalized spacial score (nSPS) is 18.5. The third kappa shape index (κ3) is 3.47. The molecule has 1 amide bonds. The Balaban J connectivity index is 1.48. The fraction of sp³-hybridized carbons (Fsp3) is 0.259. The molecule has 1 atom stereocenters. The highest BCUT2D eigenvalue weighted by Gasteiger charge is 2.50. The van der Waals surface area contributed by atoms with Gasteiger partial charge in [0, 0.05) is 11.1 Å². The van der Waals surface area contributed by atoms with Crippen molar-refractivity contribution >= 4 is 17.4 Å². The van der Waals surface area contributed by atoms with Crippen LogP contribution in [0.1, 0.15) is 44.6 Å². The van der Waals surface area contributed by atoms with Crippen LogP contribution >= 0.6 is 0 Å². The summed E-state index contributed by atoms with van der Waals surface area (Å²) in [6, 6.07) is 16.4. The predicted octanol–water partition coefficient (Wildman–Crippen LogP) is 4.35. The summed E-state index contributed by atoms with van der Waals surface area (Å²) in [4.78, 5) is 28.4. The van der Waals surface area contributed by atoms with Crippen molar-refractivity contribution in [1.82, 2.24) is 0 Å². The lowest BCUT2D eigenvalue weighted by Crippen LogP contribution is -2.41. The Bertz CT molecular complexity index is 1300. The largest absolute Gasteiger partial charge is 0.454 e. The number of ether oxygens (including phenoxy) is 2. The van der Waals surface area contributed by atoms with E-state index in [2.05, 4.69) is 0 Å². The minimum absolute atomic E-state index is 0.171. The molecule has 2 aliphatic heterocycles. The number of benzene rings is 3. The highest BCUT2D eigenvalue weighted by atomic mass is 16.7. The maximum atomic E-state index is 13.6. The molecule has 0 aliphatic carbocycles. The zero-order valence-electron chi connectivity index (χ0n) is 18.8. The van der Waals surface area contributed by atoms with Gasteiger partial charge in [0.25, 0.3) is 5.91 Å². The summed E-state index contributed by atoms with van der Waals surface area (Å²) in [5, 5.41) is 11.6. The number of anilines is 1. The van der Waals surface area contributed by atoms with Gasteiger partial charge >= 0.3 is 0 Å². The van der Waals surface area contributed by atoms with Crippen molar-refractivity contribution in [3.8, 4) is 11.5 Å². The lowest BCUT2D eigenvalue weighted by Gasteiger charge is -2.23. The van der Waals surface area contributed by atoms with Gasteiger partial charge in [0.1, 0.15) is 0 Å². The molecule has 2 heterocycles. The van der Waals surface area contributed by atoms with Crippen LogP contribution in [0.4, 0.5) is 5.69 Å². The van der Waals surface area contributed by atoms with Crippen molar-refractivity contribution in [2.45, 2.75) is 39.3 Å². The monoisotopic (exact) mass is 443 g/mol. The molecule has 0 fully saturated rings. The van der Waals surface area contributed by atoms with Crippen LogP contribution in [0.3, 0.4) is 0 Å². The minimum atomic E-state index is -1.92. The van der Waals surface area contributed by atoms with Crippen molar-refractivity contribution < 1.29 is 24.2 Å². The molecular weight excluding hydrogens is 418 g/mol. The molecule has 6 heteroatoms. The van der Waals surface area contributed by atoms with Gasteiger partial charge in [0.05, 0.1) is 18.7 Å². The van der Waals surface area contributed by atoms with Crippen molar-refractivity contribution in [1.29, 1.82) is 0 Å². The molecule has 33 heavy (non-hydrogen) atoms. The van der Waals surface area contributed by atoms with Crippen molar-refractivity contribution in [3.05, 3.63) is 88.0 Å². The number of nitrogens with zero attached hydrogens (tertiary/aromatic N) is 1. The van der Waals surface area contributed by atoms with Crippen molar-refractivity contribution in [2.75, 3.05) is 11.7 Å². The Labute approximate surface area is 192 Å². The van der Waals surface area contributed by atoms with Gasteiger partial charge in [-0.25, -0.2) is 0 Å². The molecular formula is C27H25NO5. The lowest BCUT2D eigenvalue weighted by molar-refractivity contribution is -0.136. The molecule has 5 rings (SSSR count). The number of carbonyl (C=O) groups excluding carboxylic acids is 2. The summed E-state index contributed by atoms with van der Waals surface area (Å²) in [7, 11) is 0. The minimum Gasteiger partial charge on any atom is -0.454 e. The summed E-state index contributed by atoms with van der Waals surface area (Å²) in [5.74, 6) is 0.531. The molecule has 0 aromatic heterocycles. The van der Waals surface area contributed by atoms with Gasteiger partial charge in [0.2, 0.25) is 6.79 Å². The zero-order chi connectivity index (χ0) is 23.3. The van der Waals surface area contributed by atoms with E-state index in [-0.39, 0.29) is 25.5 Å². The Morgan fingerprint density at radius 1 is 0.970 bits per heavy atom. The molecule has 3 aromatic carbocycles. The van der Waals surface area contributed by atoms with Gasteiger partial charge in [-0.2, -0.15) is 0 Å². The SMILES string of the molecule is Cc1cc(C)c(C(=O)C[C@@]2(O)C(=O)N(Cc3ccc4c(c3)OCO4)c3ccccc32)cc1C. The average molecular weight is 443 g/mol. The molecule has 1 N–H and O–H groups in total. The summed E-state index contributed by atoms with van der Waals surface area (Å²) < 4.78 is 10.8. The van der Waals surface area contributed by atoms with E-state index < -0.39 is 11.5 Å². The van der Waals surface area contributed by atoms with Crippen LogP contribution in [0, 0.1) is 20.8 Å². The molecule has 0 spiro atoms. The molecule has 6 nitrogen and oxygen atoms in total. The van der Waals surface area contributed by atoms with Crippen molar-refractivity contribution in [2.24, 2.45) is 0 Å². The second kappa shape index (κ2) is 7.74. The molecule has 3 aromatic rings. The van der Waals surface area contributed by atoms with E-state index in [1.165, 1.54) is 4.90 Å². The van der Waals surface area contributed by atoms with E-state index in [9.17, 15) is 14.7 Å². The van der Waals surface area contributed by atoms with Crippen LogP contribution in [0.25, 0.3) is 0 Å². The quantitative estimate of drug-likeness (QED) is 0.594. The molecule has 0 unspecified atom stereocenters. The number of amides is 1. The van der Waals surface area contributed by atoms with E-state index >= 15 is 0 Å². The number of aryl methyl sites for hydroxylation is 3. The van der Waals surface area contributed by atoms with Crippen LogP contribution in [-0.2, 0) is 16.9 Å². The molecule has 168 valence electrons. The Kier molecular flexibility index (Phi) is 4.98. The molecule has 0 saturated carbocycles. The van der Waals surface area contributed by atoms with Gasteiger partial charge < -0.3 is 19.5 Å². The topological polar surface area (TPSA) is 76.1 Å². The summed E-state index contributed by atoms with van der Waals surface area (Å²) in [6.45, 7) is 6.23. The first-order valence-corrected chi connectivity index (χ1v) is 10.9. The maximum Gasteiger partial charge on any atom is 0.264 e. The third-order valence-corrected chi connectivity index (χ3v) is 6.57. The van der Waals surface area contributed by atoms with E-state index in [0.29, 0.717) is 28.3 Å². The Hall–Kier alpha value is -3.64. The summed E-state index contributed by atoms with van der Waals surface area (Å²) in [5.41, 5.74) is 3.43. The number of fused-ring (bicyclic) bond motifs is 2. The summed E-state index contributed by atoms with van der Waals surface area (Å²) >= 11 is 0. The van der Waals surface area contributed by atoms with E-state index in [1.807, 2.05) is 57.2 Å². The van der Waals surface area contributed by atoms with E-state index in [0.717, 1.165) is 22.3 Å². The van der Waals surface area contributed by atoms with Gasteiger partial charge in [-0.05, 0) is 67.3 Å². The van der Waals surface area contributed by atoms with Gasteiger partial charge in [-0.15, -0.1) is 0 Å². The number of hydrogen-bond acceptors (Lipinski definition) is 5. The van der Waals surface area contributed by atoms with Crippen LogP contribution in [0.15, 0.2) is 54.6 Å². The van der Waals surface area contributed by atoms with Gasteiger partial charge in [-0.1, -0.05) is 30.3 Å². The van der Waals surface area contributed by atoms with E-state index in [1.54, 1.807) is 18.2 Å². The zero-order valence-corrected chi connectivity index (χ0v) is 18.8. The van der Waals surface area contributed by atoms with Gasteiger partial charge in [0.15, 0.2) is 22.9 Å². The number of aliphatic hydroxyl groups is 1. The first kappa shape index (κ1) is 21.2. The van der Waals surface area contributed by atoms with Crippen molar-refractivity contribution in [3.63, 3.8) is 0 Å². The maximum absolute atomic E-state index is 13.6. The number of hydrogen-bond donors (Lipinski definition) is 1. The Morgan fingerprint density at radius 2 is 1.70 bits per heavy atom. The number of carbonyl (C=O) groups is 2. The van der Waals surface area contributed by atoms with Crippen LogP contribution in [0.2, 0.25) is 0 Å². The standard InChI is InChI=1S/C27H25NO5/c1-16-10-18(3)20(11-17(16)2)23(29)13-27(31)21-6-4-5-7-22(21)28(26(27)30)14-19-8-9-24-25(12-19)33-15-32-24/h4-12,31H,13-15H2,1-3H3/t27-/m0/s1. The third-order valence-electron chi connectivity index (χ3n) is 6.57. The predicted molar refractivity (Wildman–Crippen MR) is 124 cm³/mol. The molecule has 0 bridgehead atoms. The highest BCUT2D eigenvalue weighted by molar-refractivity contribution is 6.11.